The Balaban J connectivity index is 2.04. The Morgan fingerprint density at radius 3 is 2.75 bits per heavy atom. The van der Waals surface area contributed by atoms with Crippen LogP contribution in [0, 0.1) is 0 Å². The molecule has 0 saturated carbocycles. The molecule has 0 saturated heterocycles. The summed E-state index contributed by atoms with van der Waals surface area (Å²) < 4.78 is 1.51. The average molecular weight is 382 g/mol. The fourth-order valence-corrected chi connectivity index (χ4v) is 3.04. The topological polar surface area (TPSA) is 119 Å². The smallest absolute Gasteiger partial charge is 0.250 e. The van der Waals surface area contributed by atoms with Crippen LogP contribution in [-0.2, 0) is 7.05 Å². The molecule has 0 aromatic carbocycles. The van der Waals surface area contributed by atoms with Gasteiger partial charge in [0.2, 0.25) is 5.95 Å². The molecule has 0 fully saturated rings. The van der Waals surface area contributed by atoms with Gasteiger partial charge in [-0.1, -0.05) is 19.8 Å². The first-order valence-electron chi connectivity index (χ1n) is 9.34. The molecule has 0 aliphatic rings. The van der Waals surface area contributed by atoms with Gasteiger partial charge in [-0.05, 0) is 31.0 Å². The molecule has 0 bridgehead atoms. The van der Waals surface area contributed by atoms with E-state index in [4.69, 9.17) is 5.73 Å². The molecule has 8 heteroatoms. The number of nitrogens with two attached hydrogens (primary N) is 1. The van der Waals surface area contributed by atoms with Crippen LogP contribution in [0.3, 0.4) is 0 Å². The largest absolute Gasteiger partial charge is 0.394 e. The number of aliphatic hydroxyl groups is 1. The summed E-state index contributed by atoms with van der Waals surface area (Å²) in [5.41, 5.74) is 7.95. The lowest BCUT2D eigenvalue weighted by Gasteiger charge is -2.29. The Kier molecular flexibility index (Phi) is 5.60. The van der Waals surface area contributed by atoms with Gasteiger partial charge in [0.25, 0.3) is 5.56 Å². The van der Waals surface area contributed by atoms with Crippen molar-refractivity contribution in [1.82, 2.24) is 19.5 Å². The summed E-state index contributed by atoms with van der Waals surface area (Å²) in [6, 6.07) is 5.24. The SMILES string of the molecule is CCCC[C@](C)(CO)Nc1nc(N)nc2cc(-c3ccn(C)c(=O)c3)cnc12. The second kappa shape index (κ2) is 7.93. The molecule has 0 aliphatic carbocycles. The van der Waals surface area contributed by atoms with Gasteiger partial charge in [-0.2, -0.15) is 4.98 Å². The number of nitrogens with one attached hydrogen (secondary N) is 1. The van der Waals surface area contributed by atoms with E-state index in [-0.39, 0.29) is 18.1 Å². The predicted octanol–water partition coefficient (Wildman–Crippen LogP) is 2.33. The van der Waals surface area contributed by atoms with Gasteiger partial charge < -0.3 is 20.7 Å². The van der Waals surface area contributed by atoms with Crippen molar-refractivity contribution in [3.05, 3.63) is 40.9 Å². The Hall–Kier alpha value is -3.00. The quantitative estimate of drug-likeness (QED) is 0.574. The molecule has 3 aromatic heterocycles. The molecule has 0 amide bonds. The molecule has 4 N–H and O–H groups in total. The zero-order valence-corrected chi connectivity index (χ0v) is 16.4. The number of fused-ring (bicyclic) bond motifs is 1. The number of nitrogen functional groups attached to an aromatic ring is 1. The molecule has 0 aliphatic heterocycles. The van der Waals surface area contributed by atoms with E-state index in [1.165, 1.54) is 4.57 Å². The number of unbranched alkanes of at least 4 members (excludes halogenated alkanes) is 1. The second-order valence-corrected chi connectivity index (χ2v) is 7.33. The molecule has 1 atom stereocenters. The van der Waals surface area contributed by atoms with Crippen LogP contribution >= 0.6 is 0 Å². The number of hydrogen-bond acceptors (Lipinski definition) is 7. The summed E-state index contributed by atoms with van der Waals surface area (Å²) in [5, 5.41) is 13.2. The maximum absolute atomic E-state index is 11.9. The van der Waals surface area contributed by atoms with E-state index >= 15 is 0 Å². The van der Waals surface area contributed by atoms with Crippen molar-refractivity contribution >= 4 is 22.8 Å². The lowest BCUT2D eigenvalue weighted by Crippen LogP contribution is -2.39. The van der Waals surface area contributed by atoms with Crippen LogP contribution in [0.4, 0.5) is 11.8 Å². The number of pyridine rings is 2. The van der Waals surface area contributed by atoms with Crippen molar-refractivity contribution in [2.45, 2.75) is 38.6 Å². The van der Waals surface area contributed by atoms with Crippen LogP contribution in [0.5, 0.6) is 0 Å². The molecule has 148 valence electrons. The molecule has 3 aromatic rings. The third kappa shape index (κ3) is 4.12. The Morgan fingerprint density at radius 1 is 1.29 bits per heavy atom. The molecule has 28 heavy (non-hydrogen) atoms. The van der Waals surface area contributed by atoms with E-state index in [0.717, 1.165) is 30.4 Å². The third-order valence-corrected chi connectivity index (χ3v) is 4.84. The molecular weight excluding hydrogens is 356 g/mol. The summed E-state index contributed by atoms with van der Waals surface area (Å²) in [6.07, 6.45) is 6.19. The van der Waals surface area contributed by atoms with E-state index in [2.05, 4.69) is 27.2 Å². The zero-order valence-electron chi connectivity index (χ0n) is 16.4. The predicted molar refractivity (Wildman–Crippen MR) is 111 cm³/mol. The van der Waals surface area contributed by atoms with Crippen LogP contribution in [0.2, 0.25) is 0 Å². The van der Waals surface area contributed by atoms with Gasteiger partial charge >= 0.3 is 0 Å². The van der Waals surface area contributed by atoms with Gasteiger partial charge in [-0.3, -0.25) is 9.78 Å². The minimum absolute atomic E-state index is 0.0379. The summed E-state index contributed by atoms with van der Waals surface area (Å²) in [4.78, 5) is 25.0. The summed E-state index contributed by atoms with van der Waals surface area (Å²) in [7, 11) is 1.70. The fourth-order valence-electron chi connectivity index (χ4n) is 3.04. The average Bonchev–Trinajstić information content (AvgIpc) is 2.68. The number of aliphatic hydroxyl groups excluding tert-OH is 1. The standard InChI is InChI=1S/C20H26N6O2/c1-4-5-7-20(2,12-27)25-18-17-15(23-19(21)24-18)9-14(11-22-17)13-6-8-26(3)16(28)10-13/h6,8-11,27H,4-5,7,12H2,1-3H3,(H3,21,23,24,25)/t20-/m1/s1. The van der Waals surface area contributed by atoms with E-state index in [1.807, 2.05) is 19.1 Å². The minimum atomic E-state index is -0.532. The Bertz CT molecular complexity index is 1050. The second-order valence-electron chi connectivity index (χ2n) is 7.33. The monoisotopic (exact) mass is 382 g/mol. The molecular formula is C20H26N6O2. The van der Waals surface area contributed by atoms with Gasteiger partial charge in [0, 0.05) is 31.1 Å². The fraction of sp³-hybridized carbons (Fsp3) is 0.400. The normalized spacial score (nSPS) is 13.4. The lowest BCUT2D eigenvalue weighted by molar-refractivity contribution is 0.212. The van der Waals surface area contributed by atoms with E-state index in [9.17, 15) is 9.90 Å². The van der Waals surface area contributed by atoms with Crippen molar-refractivity contribution in [3.63, 3.8) is 0 Å². The van der Waals surface area contributed by atoms with Crippen LogP contribution in [0.1, 0.15) is 33.1 Å². The minimum Gasteiger partial charge on any atom is -0.394 e. The maximum atomic E-state index is 11.9. The number of nitrogens with zero attached hydrogens (tertiary/aromatic N) is 4. The number of aromatic nitrogens is 4. The van der Waals surface area contributed by atoms with Gasteiger partial charge in [0.05, 0.1) is 17.7 Å². The highest BCUT2D eigenvalue weighted by Crippen LogP contribution is 2.27. The Morgan fingerprint density at radius 2 is 2.07 bits per heavy atom. The molecule has 3 heterocycles. The summed E-state index contributed by atoms with van der Waals surface area (Å²) in [5.74, 6) is 0.611. The number of anilines is 2. The lowest BCUT2D eigenvalue weighted by atomic mass is 9.96. The highest BCUT2D eigenvalue weighted by molar-refractivity contribution is 5.89. The maximum Gasteiger partial charge on any atom is 0.250 e. The number of aryl methyl sites for hydroxylation is 1. The summed E-state index contributed by atoms with van der Waals surface area (Å²) in [6.45, 7) is 4.01. The first-order chi connectivity index (χ1) is 13.3. The van der Waals surface area contributed by atoms with Crippen LogP contribution in [0.15, 0.2) is 35.4 Å². The van der Waals surface area contributed by atoms with Crippen molar-refractivity contribution in [2.75, 3.05) is 17.7 Å². The van der Waals surface area contributed by atoms with E-state index in [1.54, 1.807) is 25.5 Å². The molecule has 0 radical (unpaired) electrons. The van der Waals surface area contributed by atoms with Gasteiger partial charge in [-0.25, -0.2) is 4.98 Å². The number of hydrogen-bond donors (Lipinski definition) is 3. The molecule has 8 nitrogen and oxygen atoms in total. The zero-order chi connectivity index (χ0) is 20.3. The Labute approximate surface area is 163 Å². The van der Waals surface area contributed by atoms with Crippen molar-refractivity contribution in [2.24, 2.45) is 7.05 Å². The first-order valence-corrected chi connectivity index (χ1v) is 9.34. The first kappa shape index (κ1) is 19.8. The molecule has 3 rings (SSSR count). The van der Waals surface area contributed by atoms with Crippen molar-refractivity contribution < 1.29 is 5.11 Å². The molecule has 0 spiro atoms. The van der Waals surface area contributed by atoms with E-state index in [0.29, 0.717) is 16.9 Å². The van der Waals surface area contributed by atoms with Crippen LogP contribution in [0.25, 0.3) is 22.2 Å². The van der Waals surface area contributed by atoms with E-state index < -0.39 is 5.54 Å². The molecule has 0 unspecified atom stereocenters. The van der Waals surface area contributed by atoms with Crippen LogP contribution < -0.4 is 16.6 Å². The van der Waals surface area contributed by atoms with Crippen molar-refractivity contribution in [3.8, 4) is 11.1 Å². The third-order valence-electron chi connectivity index (χ3n) is 4.84. The highest BCUT2D eigenvalue weighted by atomic mass is 16.3. The summed E-state index contributed by atoms with van der Waals surface area (Å²) >= 11 is 0. The number of rotatable bonds is 7. The van der Waals surface area contributed by atoms with Crippen LogP contribution in [-0.4, -0.2) is 36.8 Å². The van der Waals surface area contributed by atoms with Gasteiger partial charge in [0.15, 0.2) is 5.82 Å². The van der Waals surface area contributed by atoms with Gasteiger partial charge in [-0.15, -0.1) is 0 Å². The highest BCUT2D eigenvalue weighted by Gasteiger charge is 2.24. The van der Waals surface area contributed by atoms with Crippen molar-refractivity contribution in [1.29, 1.82) is 0 Å². The van der Waals surface area contributed by atoms with Gasteiger partial charge in [0.1, 0.15) is 5.52 Å².